The van der Waals surface area contributed by atoms with Crippen LogP contribution in [0, 0.1) is 55.4 Å². The lowest BCUT2D eigenvalue weighted by Crippen LogP contribution is -2.21. The highest BCUT2D eigenvalue weighted by atomic mass is 14.4. The van der Waals surface area contributed by atoms with Gasteiger partial charge in [-0.1, -0.05) is 6.92 Å². The fraction of sp³-hybridized carbons (Fsp3) is 0.500. The molecular formula is C24H32. The molecule has 0 saturated carbocycles. The van der Waals surface area contributed by atoms with Crippen molar-refractivity contribution in [2.45, 2.75) is 81.1 Å². The van der Waals surface area contributed by atoms with Crippen molar-refractivity contribution in [2.75, 3.05) is 0 Å². The Morgan fingerprint density at radius 1 is 0.542 bits per heavy atom. The standard InChI is InChI=1S/C24H32/c1-10-20-23-18(8)14(4)12(2)16(6)21(23)11-22-17(7)13(3)15(5)19(9)24(20)22/h20H,10-11H2,1-9H3. The predicted octanol–water partition coefficient (Wildman–Crippen LogP) is 6.60. The lowest BCUT2D eigenvalue weighted by Gasteiger charge is -2.36. The lowest BCUT2D eigenvalue weighted by molar-refractivity contribution is 0.716. The van der Waals surface area contributed by atoms with Gasteiger partial charge in [-0.2, -0.15) is 0 Å². The molecule has 0 radical (unpaired) electrons. The quantitative estimate of drug-likeness (QED) is 0.555. The van der Waals surface area contributed by atoms with Crippen LogP contribution in [0.15, 0.2) is 0 Å². The molecule has 24 heavy (non-hydrogen) atoms. The van der Waals surface area contributed by atoms with E-state index in [1.54, 1.807) is 22.3 Å². The van der Waals surface area contributed by atoms with Gasteiger partial charge in [-0.05, 0) is 135 Å². The largest absolute Gasteiger partial charge is 0.0645 e. The Kier molecular flexibility index (Phi) is 4.14. The SMILES string of the molecule is CCC1c2c(C)c(C)c(C)c(C)c2Cc2c(C)c(C)c(C)c(C)c21. The van der Waals surface area contributed by atoms with Gasteiger partial charge in [-0.15, -0.1) is 0 Å². The van der Waals surface area contributed by atoms with Gasteiger partial charge in [0, 0.05) is 5.92 Å². The molecule has 0 amide bonds. The summed E-state index contributed by atoms with van der Waals surface area (Å²) in [5.74, 6) is 0.555. The van der Waals surface area contributed by atoms with E-state index in [4.69, 9.17) is 0 Å². The van der Waals surface area contributed by atoms with Gasteiger partial charge >= 0.3 is 0 Å². The second-order valence-corrected chi connectivity index (χ2v) is 7.92. The first kappa shape index (κ1) is 17.3. The van der Waals surface area contributed by atoms with Crippen molar-refractivity contribution in [1.82, 2.24) is 0 Å². The van der Waals surface area contributed by atoms with Gasteiger partial charge in [0.15, 0.2) is 0 Å². The number of hydrogen-bond acceptors (Lipinski definition) is 0. The average Bonchev–Trinajstić information content (AvgIpc) is 2.59. The molecule has 0 fully saturated rings. The van der Waals surface area contributed by atoms with E-state index in [0.717, 1.165) is 6.42 Å². The van der Waals surface area contributed by atoms with E-state index in [1.165, 1.54) is 50.9 Å². The van der Waals surface area contributed by atoms with Gasteiger partial charge in [-0.3, -0.25) is 0 Å². The molecule has 3 rings (SSSR count). The first-order chi connectivity index (χ1) is 11.2. The van der Waals surface area contributed by atoms with Crippen LogP contribution in [0.3, 0.4) is 0 Å². The van der Waals surface area contributed by atoms with Crippen LogP contribution in [-0.4, -0.2) is 0 Å². The van der Waals surface area contributed by atoms with E-state index in [-0.39, 0.29) is 0 Å². The molecule has 0 heteroatoms. The molecule has 2 aromatic rings. The summed E-state index contributed by atoms with van der Waals surface area (Å²) in [4.78, 5) is 0. The van der Waals surface area contributed by atoms with Crippen LogP contribution in [0.25, 0.3) is 0 Å². The molecule has 0 saturated heterocycles. The van der Waals surface area contributed by atoms with Gasteiger partial charge in [0.2, 0.25) is 0 Å². The Morgan fingerprint density at radius 2 is 0.875 bits per heavy atom. The monoisotopic (exact) mass is 320 g/mol. The molecule has 0 N–H and O–H groups in total. The second-order valence-electron chi connectivity index (χ2n) is 7.92. The molecule has 1 aliphatic carbocycles. The van der Waals surface area contributed by atoms with E-state index >= 15 is 0 Å². The number of rotatable bonds is 1. The van der Waals surface area contributed by atoms with Crippen LogP contribution in [0.5, 0.6) is 0 Å². The Hall–Kier alpha value is -1.56. The minimum absolute atomic E-state index is 0.555. The topological polar surface area (TPSA) is 0 Å². The van der Waals surface area contributed by atoms with Crippen LogP contribution in [0.4, 0.5) is 0 Å². The summed E-state index contributed by atoms with van der Waals surface area (Å²) >= 11 is 0. The molecule has 0 nitrogen and oxygen atoms in total. The van der Waals surface area contributed by atoms with E-state index in [0.29, 0.717) is 5.92 Å². The number of benzene rings is 2. The minimum atomic E-state index is 0.555. The zero-order chi connectivity index (χ0) is 17.9. The molecule has 0 bridgehead atoms. The molecule has 2 aromatic carbocycles. The molecule has 0 spiro atoms. The normalized spacial score (nSPS) is 13.9. The zero-order valence-corrected chi connectivity index (χ0v) is 17.0. The molecule has 0 heterocycles. The zero-order valence-electron chi connectivity index (χ0n) is 17.0. The lowest BCUT2D eigenvalue weighted by atomic mass is 9.68. The Bertz CT molecular complexity index is 780. The summed E-state index contributed by atoms with van der Waals surface area (Å²) in [6.07, 6.45) is 2.30. The molecule has 0 aromatic heterocycles. The minimum Gasteiger partial charge on any atom is -0.0645 e. The van der Waals surface area contributed by atoms with Gasteiger partial charge < -0.3 is 0 Å². The molecule has 0 unspecified atom stereocenters. The fourth-order valence-corrected chi connectivity index (χ4v) is 4.97. The van der Waals surface area contributed by atoms with Crippen LogP contribution >= 0.6 is 0 Å². The number of hydrogen-bond donors (Lipinski definition) is 0. The molecular weight excluding hydrogens is 288 g/mol. The number of fused-ring (bicyclic) bond motifs is 2. The van der Waals surface area contributed by atoms with Gasteiger partial charge in [0.05, 0.1) is 0 Å². The highest BCUT2D eigenvalue weighted by Crippen LogP contribution is 2.46. The summed E-state index contributed by atoms with van der Waals surface area (Å²) in [6.45, 7) is 20.9. The van der Waals surface area contributed by atoms with Crippen molar-refractivity contribution in [2.24, 2.45) is 0 Å². The first-order valence-electron chi connectivity index (χ1n) is 9.40. The first-order valence-corrected chi connectivity index (χ1v) is 9.40. The molecule has 0 aliphatic heterocycles. The maximum Gasteiger partial charge on any atom is 0.00980 e. The third kappa shape index (κ3) is 2.11. The molecule has 1 aliphatic rings. The summed E-state index contributed by atoms with van der Waals surface area (Å²) in [6, 6.07) is 0. The Balaban J connectivity index is 2.43. The van der Waals surface area contributed by atoms with E-state index in [1.807, 2.05) is 0 Å². The van der Waals surface area contributed by atoms with Gasteiger partial charge in [0.25, 0.3) is 0 Å². The molecule has 0 atom stereocenters. The third-order valence-electron chi connectivity index (χ3n) is 7.20. The maximum absolute atomic E-state index is 2.36. The highest BCUT2D eigenvalue weighted by molar-refractivity contribution is 5.63. The summed E-state index contributed by atoms with van der Waals surface area (Å²) in [7, 11) is 0. The van der Waals surface area contributed by atoms with Crippen molar-refractivity contribution in [3.8, 4) is 0 Å². The van der Waals surface area contributed by atoms with Crippen molar-refractivity contribution in [3.05, 3.63) is 66.8 Å². The summed E-state index contributed by atoms with van der Waals surface area (Å²) in [5, 5.41) is 0. The second kappa shape index (κ2) is 5.76. The van der Waals surface area contributed by atoms with E-state index in [9.17, 15) is 0 Å². The van der Waals surface area contributed by atoms with Crippen molar-refractivity contribution in [1.29, 1.82) is 0 Å². The fourth-order valence-electron chi connectivity index (χ4n) is 4.97. The van der Waals surface area contributed by atoms with Crippen LogP contribution in [-0.2, 0) is 6.42 Å². The molecule has 128 valence electrons. The van der Waals surface area contributed by atoms with Crippen molar-refractivity contribution >= 4 is 0 Å². The van der Waals surface area contributed by atoms with Crippen LogP contribution in [0.1, 0.15) is 86.0 Å². The summed E-state index contributed by atoms with van der Waals surface area (Å²) in [5.41, 5.74) is 18.6. The van der Waals surface area contributed by atoms with Crippen LogP contribution < -0.4 is 0 Å². The Labute approximate surface area is 148 Å². The van der Waals surface area contributed by atoms with Gasteiger partial charge in [-0.25, -0.2) is 0 Å². The van der Waals surface area contributed by atoms with E-state index < -0.39 is 0 Å². The maximum atomic E-state index is 2.36. The predicted molar refractivity (Wildman–Crippen MR) is 106 cm³/mol. The van der Waals surface area contributed by atoms with Crippen LogP contribution in [0.2, 0.25) is 0 Å². The van der Waals surface area contributed by atoms with Crippen molar-refractivity contribution in [3.63, 3.8) is 0 Å². The van der Waals surface area contributed by atoms with Gasteiger partial charge in [0.1, 0.15) is 0 Å². The Morgan fingerprint density at radius 3 is 1.21 bits per heavy atom. The van der Waals surface area contributed by atoms with Crippen molar-refractivity contribution < 1.29 is 0 Å². The summed E-state index contributed by atoms with van der Waals surface area (Å²) < 4.78 is 0. The smallest absolute Gasteiger partial charge is 0.00980 e. The highest BCUT2D eigenvalue weighted by Gasteiger charge is 2.31. The van der Waals surface area contributed by atoms with E-state index in [2.05, 4.69) is 62.3 Å². The average molecular weight is 321 g/mol. The third-order valence-corrected chi connectivity index (χ3v) is 7.20.